The minimum atomic E-state index is -0.386. The number of rotatable bonds is 3. The van der Waals surface area contributed by atoms with Gasteiger partial charge in [-0.3, -0.25) is 5.10 Å². The van der Waals surface area contributed by atoms with Crippen molar-refractivity contribution in [3.05, 3.63) is 77.6 Å². The van der Waals surface area contributed by atoms with Gasteiger partial charge in [0.15, 0.2) is 11.6 Å². The molecule has 0 amide bonds. The molecule has 0 saturated carbocycles. The third-order valence-electron chi connectivity index (χ3n) is 4.38. The van der Waals surface area contributed by atoms with Crippen molar-refractivity contribution >= 4 is 10.9 Å². The summed E-state index contributed by atoms with van der Waals surface area (Å²) in [5.74, 6) is 0.381. The Labute approximate surface area is 145 Å². The number of aryl methyl sites for hydroxylation is 2. The second-order valence-electron chi connectivity index (χ2n) is 6.11. The molecule has 1 N–H and O–H groups in total. The van der Waals surface area contributed by atoms with Crippen molar-refractivity contribution in [1.82, 2.24) is 10.2 Å². The highest BCUT2D eigenvalue weighted by Crippen LogP contribution is 2.31. The third-order valence-corrected chi connectivity index (χ3v) is 4.38. The summed E-state index contributed by atoms with van der Waals surface area (Å²) in [6.45, 7) is 4.18. The molecule has 0 radical (unpaired) electrons. The number of aromatic nitrogens is 2. The maximum absolute atomic E-state index is 13.7. The van der Waals surface area contributed by atoms with Crippen LogP contribution < -0.4 is 4.74 Å². The molecule has 0 unspecified atom stereocenters. The number of hydrogen-bond acceptors (Lipinski definition) is 2. The van der Waals surface area contributed by atoms with E-state index in [0.717, 1.165) is 22.2 Å². The summed E-state index contributed by atoms with van der Waals surface area (Å²) < 4.78 is 19.4. The summed E-state index contributed by atoms with van der Waals surface area (Å²) in [6.07, 6.45) is 0. The second-order valence-corrected chi connectivity index (χ2v) is 6.11. The van der Waals surface area contributed by atoms with E-state index < -0.39 is 0 Å². The van der Waals surface area contributed by atoms with Crippen LogP contribution in [0.15, 0.2) is 60.7 Å². The minimum Gasteiger partial charge on any atom is -0.454 e. The molecule has 0 spiro atoms. The second kappa shape index (κ2) is 6.06. The topological polar surface area (TPSA) is 37.9 Å². The maximum atomic E-state index is 13.7. The van der Waals surface area contributed by atoms with Gasteiger partial charge in [0.1, 0.15) is 5.75 Å². The van der Waals surface area contributed by atoms with E-state index in [9.17, 15) is 4.39 Å². The van der Waals surface area contributed by atoms with E-state index in [1.165, 1.54) is 17.2 Å². The molecule has 124 valence electrons. The van der Waals surface area contributed by atoms with Crippen molar-refractivity contribution in [2.24, 2.45) is 0 Å². The lowest BCUT2D eigenvalue weighted by Gasteiger charge is -2.07. The standard InChI is InChI=1S/C21H17FN2O/c1-13-7-8-15(11-14(13)2)21-17-10-9-16(12-19(17)23-24-21)25-20-6-4-3-5-18(20)22/h3-12H,1-2H3,(H,23,24). The number of nitrogens with one attached hydrogen (secondary N) is 1. The number of fused-ring (bicyclic) bond motifs is 1. The van der Waals surface area contributed by atoms with Crippen LogP contribution in [0.4, 0.5) is 4.39 Å². The van der Waals surface area contributed by atoms with Crippen LogP contribution >= 0.6 is 0 Å². The fraction of sp³-hybridized carbons (Fsp3) is 0.0952. The first-order valence-electron chi connectivity index (χ1n) is 8.10. The molecular formula is C21H17FN2O. The van der Waals surface area contributed by atoms with Crippen LogP contribution in [0.5, 0.6) is 11.5 Å². The van der Waals surface area contributed by atoms with Crippen molar-refractivity contribution in [2.75, 3.05) is 0 Å². The van der Waals surface area contributed by atoms with E-state index in [1.54, 1.807) is 18.2 Å². The van der Waals surface area contributed by atoms with E-state index in [4.69, 9.17) is 4.74 Å². The van der Waals surface area contributed by atoms with E-state index in [-0.39, 0.29) is 11.6 Å². The van der Waals surface area contributed by atoms with Gasteiger partial charge in [-0.2, -0.15) is 5.10 Å². The van der Waals surface area contributed by atoms with Crippen LogP contribution in [-0.2, 0) is 0 Å². The molecule has 0 bridgehead atoms. The summed E-state index contributed by atoms with van der Waals surface area (Å²) in [4.78, 5) is 0. The molecule has 4 rings (SSSR count). The van der Waals surface area contributed by atoms with Gasteiger partial charge in [0, 0.05) is 17.0 Å². The van der Waals surface area contributed by atoms with E-state index in [0.29, 0.717) is 5.75 Å². The predicted octanol–water partition coefficient (Wildman–Crippen LogP) is 5.78. The first kappa shape index (κ1) is 15.4. The van der Waals surface area contributed by atoms with Crippen molar-refractivity contribution in [2.45, 2.75) is 13.8 Å². The zero-order valence-electron chi connectivity index (χ0n) is 14.0. The van der Waals surface area contributed by atoms with Crippen LogP contribution in [0.25, 0.3) is 22.2 Å². The number of aromatic amines is 1. The average molecular weight is 332 g/mol. The molecule has 1 aromatic heterocycles. The first-order valence-corrected chi connectivity index (χ1v) is 8.10. The number of H-pyrrole nitrogens is 1. The van der Waals surface area contributed by atoms with Gasteiger partial charge >= 0.3 is 0 Å². The first-order chi connectivity index (χ1) is 12.1. The molecule has 0 saturated heterocycles. The lowest BCUT2D eigenvalue weighted by atomic mass is 10.0. The van der Waals surface area contributed by atoms with Crippen molar-refractivity contribution in [3.8, 4) is 22.8 Å². The van der Waals surface area contributed by atoms with Crippen LogP contribution in [-0.4, -0.2) is 10.2 Å². The van der Waals surface area contributed by atoms with E-state index >= 15 is 0 Å². The Hall–Kier alpha value is -3.14. The van der Waals surface area contributed by atoms with Gasteiger partial charge in [-0.25, -0.2) is 4.39 Å². The molecule has 1 heterocycles. The summed E-state index contributed by atoms with van der Waals surface area (Å²) in [6, 6.07) is 18.3. The molecule has 0 fully saturated rings. The Morgan fingerprint density at radius 2 is 1.76 bits per heavy atom. The van der Waals surface area contributed by atoms with Gasteiger partial charge in [-0.05, 0) is 55.3 Å². The lowest BCUT2D eigenvalue weighted by molar-refractivity contribution is 0.443. The zero-order valence-corrected chi connectivity index (χ0v) is 14.0. The highest BCUT2D eigenvalue weighted by molar-refractivity contribution is 5.93. The number of nitrogens with zero attached hydrogens (tertiary/aromatic N) is 1. The fourth-order valence-corrected chi connectivity index (χ4v) is 2.83. The minimum absolute atomic E-state index is 0.204. The zero-order chi connectivity index (χ0) is 17.4. The summed E-state index contributed by atoms with van der Waals surface area (Å²) in [5.41, 5.74) is 5.30. The number of benzene rings is 3. The molecule has 0 atom stereocenters. The number of ether oxygens (including phenoxy) is 1. The fourth-order valence-electron chi connectivity index (χ4n) is 2.83. The van der Waals surface area contributed by atoms with Crippen molar-refractivity contribution in [3.63, 3.8) is 0 Å². The molecule has 3 nitrogen and oxygen atoms in total. The molecule has 3 aromatic carbocycles. The van der Waals surface area contributed by atoms with Crippen molar-refractivity contribution in [1.29, 1.82) is 0 Å². The summed E-state index contributed by atoms with van der Waals surface area (Å²) >= 11 is 0. The van der Waals surface area contributed by atoms with E-state index in [1.807, 2.05) is 18.2 Å². The summed E-state index contributed by atoms with van der Waals surface area (Å²) in [7, 11) is 0. The van der Waals surface area contributed by atoms with Gasteiger partial charge in [-0.15, -0.1) is 0 Å². The monoisotopic (exact) mass is 332 g/mol. The highest BCUT2D eigenvalue weighted by Gasteiger charge is 2.11. The molecule has 0 aliphatic rings. The average Bonchev–Trinajstić information content (AvgIpc) is 3.03. The Kier molecular flexibility index (Phi) is 3.73. The Balaban J connectivity index is 1.71. The Morgan fingerprint density at radius 3 is 2.56 bits per heavy atom. The number of hydrogen-bond donors (Lipinski definition) is 1. The molecule has 4 aromatic rings. The SMILES string of the molecule is Cc1ccc(-c2n[nH]c3cc(Oc4ccccc4F)ccc23)cc1C. The molecule has 0 aliphatic carbocycles. The smallest absolute Gasteiger partial charge is 0.165 e. The van der Waals surface area contributed by atoms with Crippen LogP contribution in [0.1, 0.15) is 11.1 Å². The Morgan fingerprint density at radius 1 is 0.920 bits per heavy atom. The maximum Gasteiger partial charge on any atom is 0.165 e. The number of para-hydroxylation sites is 1. The van der Waals surface area contributed by atoms with Gasteiger partial charge in [0.25, 0.3) is 0 Å². The lowest BCUT2D eigenvalue weighted by Crippen LogP contribution is -1.87. The quantitative estimate of drug-likeness (QED) is 0.516. The van der Waals surface area contributed by atoms with Crippen LogP contribution in [0.2, 0.25) is 0 Å². The highest BCUT2D eigenvalue weighted by atomic mass is 19.1. The largest absolute Gasteiger partial charge is 0.454 e. The van der Waals surface area contributed by atoms with Gasteiger partial charge < -0.3 is 4.74 Å². The third kappa shape index (κ3) is 2.87. The molecule has 0 aliphatic heterocycles. The normalized spacial score (nSPS) is 11.0. The predicted molar refractivity (Wildman–Crippen MR) is 97.5 cm³/mol. The van der Waals surface area contributed by atoms with Gasteiger partial charge in [0.2, 0.25) is 0 Å². The molecule has 25 heavy (non-hydrogen) atoms. The van der Waals surface area contributed by atoms with Gasteiger partial charge in [-0.1, -0.05) is 24.3 Å². The summed E-state index contributed by atoms with van der Waals surface area (Å²) in [5, 5.41) is 8.49. The molecular weight excluding hydrogens is 315 g/mol. The van der Waals surface area contributed by atoms with Gasteiger partial charge in [0.05, 0.1) is 11.2 Å². The molecule has 4 heteroatoms. The Bertz CT molecular complexity index is 1070. The van der Waals surface area contributed by atoms with Crippen molar-refractivity contribution < 1.29 is 9.13 Å². The van der Waals surface area contributed by atoms with Crippen LogP contribution in [0.3, 0.4) is 0 Å². The van der Waals surface area contributed by atoms with Crippen LogP contribution in [0, 0.1) is 19.7 Å². The van der Waals surface area contributed by atoms with E-state index in [2.05, 4.69) is 42.2 Å². The number of halogens is 1.